The Morgan fingerprint density at radius 3 is 1.34 bits per heavy atom. The molecule has 468 valence electrons. The molecular weight excluding hydrogens is 1050 g/mol. The standard InChI is InChI=1S/C59H105N11O12/c1-23-25-26-38(13)50(73)49-54(77)62-41(24-2)56(79)64(16)31-46(71)66(18)42(27-33(3)4)53(76)63-48(37(11)12)59(82)67(19)43(28-34(5)6)52(75)60-39(14)51(74)61-40(15)55(78)68(20)45(30-36(9)10)58(81)69(21)44(29-35(7)8)57(80)65(17)32-47(72)70(49)22/h23,25,33-45,48-50,73H,24,26-32H2,1-22H3,(H,60,75)(H,61,74)(H,62,77)(H,63,76)/t38-,39+,40-,41+,42+,43+,44+,45+,48+,49?,50-/m1/s1. The van der Waals surface area contributed by atoms with Crippen molar-refractivity contribution in [3.8, 4) is 0 Å². The van der Waals surface area contributed by atoms with Crippen LogP contribution < -0.4 is 21.3 Å². The molecule has 0 saturated carbocycles. The van der Waals surface area contributed by atoms with Gasteiger partial charge in [0, 0.05) is 49.3 Å². The fourth-order valence-corrected chi connectivity index (χ4v) is 9.87. The van der Waals surface area contributed by atoms with Gasteiger partial charge in [0.2, 0.25) is 65.0 Å². The predicted molar refractivity (Wildman–Crippen MR) is 315 cm³/mol. The van der Waals surface area contributed by atoms with Gasteiger partial charge in [-0.15, -0.1) is 0 Å². The molecule has 1 unspecified atom stereocenters. The summed E-state index contributed by atoms with van der Waals surface area (Å²) in [5.74, 6) is -9.12. The highest BCUT2D eigenvalue weighted by molar-refractivity contribution is 5.99. The fourth-order valence-electron chi connectivity index (χ4n) is 9.87. The Morgan fingerprint density at radius 1 is 0.476 bits per heavy atom. The molecule has 1 fully saturated rings. The van der Waals surface area contributed by atoms with E-state index in [0.29, 0.717) is 6.42 Å². The van der Waals surface area contributed by atoms with Crippen LogP contribution in [0.4, 0.5) is 0 Å². The third-order valence-electron chi connectivity index (χ3n) is 15.2. The van der Waals surface area contributed by atoms with Crippen molar-refractivity contribution in [1.29, 1.82) is 0 Å². The zero-order valence-electron chi connectivity index (χ0n) is 53.6. The number of allylic oxidation sites excluding steroid dienone is 2. The molecule has 0 aromatic carbocycles. The molecular formula is C59H105N11O12. The van der Waals surface area contributed by atoms with E-state index in [1.54, 1.807) is 46.8 Å². The molecule has 0 radical (unpaired) electrons. The Kier molecular flexibility index (Phi) is 30.5. The quantitative estimate of drug-likeness (QED) is 0.157. The molecule has 0 aromatic rings. The second kappa shape index (κ2) is 33.8. The van der Waals surface area contributed by atoms with Crippen molar-refractivity contribution in [3.05, 3.63) is 12.2 Å². The molecule has 5 N–H and O–H groups in total. The molecule has 1 aliphatic rings. The van der Waals surface area contributed by atoms with Crippen molar-refractivity contribution in [2.45, 2.75) is 203 Å². The molecule has 0 bridgehead atoms. The minimum absolute atomic E-state index is 0.0282. The van der Waals surface area contributed by atoms with Crippen LogP contribution in [0.5, 0.6) is 0 Å². The SMILES string of the molecule is CC=CC[C@@H](C)[C@@H](O)C1C(=O)N[C@@H](CC)C(=O)N(C)CC(=O)N(C)[C@@H](CC(C)C)C(=O)N[C@@H](C(C)C)C(=O)N(C)[C@@H](CC(C)C)C(=O)N[C@@H](C)C(=O)N[C@H](C)C(=O)N(C)[C@@H](CC(C)C)C(=O)N(C)[C@@H](CC(C)C)C(=O)N(C)CC(=O)N1C. The second-order valence-electron chi connectivity index (χ2n) is 24.7. The summed E-state index contributed by atoms with van der Waals surface area (Å²) < 4.78 is 0. The van der Waals surface area contributed by atoms with Crippen molar-refractivity contribution in [2.75, 3.05) is 62.4 Å². The monoisotopic (exact) mass is 1160 g/mol. The minimum Gasteiger partial charge on any atom is -0.390 e. The Morgan fingerprint density at radius 2 is 0.878 bits per heavy atom. The lowest BCUT2D eigenvalue weighted by molar-refractivity contribution is -0.153. The van der Waals surface area contributed by atoms with E-state index in [2.05, 4.69) is 21.3 Å². The lowest BCUT2D eigenvalue weighted by Crippen LogP contribution is -2.61. The molecule has 11 amide bonds. The van der Waals surface area contributed by atoms with Crippen molar-refractivity contribution < 1.29 is 57.8 Å². The van der Waals surface area contributed by atoms with Gasteiger partial charge < -0.3 is 60.7 Å². The number of aliphatic hydroxyl groups is 1. The smallest absolute Gasteiger partial charge is 0.246 e. The Balaban J connectivity index is 4.17. The molecule has 11 atom stereocenters. The first kappa shape index (κ1) is 73.9. The number of aliphatic hydroxyl groups excluding tert-OH is 1. The van der Waals surface area contributed by atoms with Gasteiger partial charge in [-0.1, -0.05) is 95.2 Å². The first-order valence-corrected chi connectivity index (χ1v) is 29.2. The van der Waals surface area contributed by atoms with E-state index in [1.807, 2.05) is 55.4 Å². The molecule has 1 rings (SSSR count). The van der Waals surface area contributed by atoms with E-state index in [0.717, 1.165) is 14.7 Å². The first-order valence-electron chi connectivity index (χ1n) is 29.2. The van der Waals surface area contributed by atoms with E-state index < -0.39 is 150 Å². The molecule has 23 nitrogen and oxygen atoms in total. The van der Waals surface area contributed by atoms with Gasteiger partial charge in [-0.05, 0) is 94.8 Å². The summed E-state index contributed by atoms with van der Waals surface area (Å²) in [5, 5.41) is 22.8. The van der Waals surface area contributed by atoms with Gasteiger partial charge in [-0.3, -0.25) is 52.7 Å². The van der Waals surface area contributed by atoms with Crippen molar-refractivity contribution in [1.82, 2.24) is 55.6 Å². The van der Waals surface area contributed by atoms with Crippen LogP contribution in [0.15, 0.2) is 12.2 Å². The highest BCUT2D eigenvalue weighted by Gasteiger charge is 2.43. The Bertz CT molecular complexity index is 2240. The van der Waals surface area contributed by atoms with Gasteiger partial charge in [0.1, 0.15) is 54.4 Å². The van der Waals surface area contributed by atoms with E-state index in [9.17, 15) is 57.8 Å². The maximum absolute atomic E-state index is 14.7. The van der Waals surface area contributed by atoms with E-state index in [1.165, 1.54) is 82.8 Å². The molecule has 1 saturated heterocycles. The van der Waals surface area contributed by atoms with E-state index in [-0.39, 0.29) is 55.8 Å². The molecule has 23 heteroatoms. The number of likely N-dealkylation sites (N-methyl/N-ethyl adjacent to an activating group) is 7. The third kappa shape index (κ3) is 21.2. The fraction of sp³-hybridized carbons (Fsp3) is 0.780. The summed E-state index contributed by atoms with van der Waals surface area (Å²) in [6, 6.07) is -11.0. The summed E-state index contributed by atoms with van der Waals surface area (Å²) in [5.41, 5.74) is 0. The molecule has 82 heavy (non-hydrogen) atoms. The van der Waals surface area contributed by atoms with Gasteiger partial charge >= 0.3 is 0 Å². The van der Waals surface area contributed by atoms with Crippen LogP contribution in [-0.2, 0) is 52.7 Å². The Hall–Kier alpha value is -6.13. The lowest BCUT2D eigenvalue weighted by Gasteiger charge is -2.38. The van der Waals surface area contributed by atoms with E-state index >= 15 is 0 Å². The Labute approximate surface area is 489 Å². The normalized spacial score (nSPS) is 26.5. The number of hydrogen-bond acceptors (Lipinski definition) is 12. The molecule has 1 aliphatic heterocycles. The molecule has 0 aliphatic carbocycles. The number of nitrogens with zero attached hydrogens (tertiary/aromatic N) is 7. The number of hydrogen-bond donors (Lipinski definition) is 5. The number of amides is 11. The average Bonchev–Trinajstić information content (AvgIpc) is 3.55. The van der Waals surface area contributed by atoms with Crippen LogP contribution in [0.1, 0.15) is 142 Å². The number of carbonyl (C=O) groups excluding carboxylic acids is 11. The first-order chi connectivity index (χ1) is 37.9. The van der Waals surface area contributed by atoms with Crippen molar-refractivity contribution in [2.24, 2.45) is 35.5 Å². The third-order valence-corrected chi connectivity index (χ3v) is 15.2. The minimum atomic E-state index is -1.58. The largest absolute Gasteiger partial charge is 0.390 e. The van der Waals surface area contributed by atoms with Crippen LogP contribution in [0.2, 0.25) is 0 Å². The maximum atomic E-state index is 14.7. The van der Waals surface area contributed by atoms with Crippen LogP contribution in [-0.4, -0.2) is 227 Å². The highest BCUT2D eigenvalue weighted by Crippen LogP contribution is 2.23. The summed E-state index contributed by atoms with van der Waals surface area (Å²) in [4.78, 5) is 166. The topological polar surface area (TPSA) is 279 Å². The van der Waals surface area contributed by atoms with Crippen molar-refractivity contribution >= 4 is 65.0 Å². The number of nitrogens with one attached hydrogen (secondary N) is 4. The molecule has 1 heterocycles. The van der Waals surface area contributed by atoms with Gasteiger partial charge in [-0.25, -0.2) is 0 Å². The van der Waals surface area contributed by atoms with E-state index in [4.69, 9.17) is 0 Å². The summed E-state index contributed by atoms with van der Waals surface area (Å²) in [6.07, 6.45) is 3.07. The van der Waals surface area contributed by atoms with Gasteiger partial charge in [-0.2, -0.15) is 0 Å². The van der Waals surface area contributed by atoms with Gasteiger partial charge in [0.05, 0.1) is 19.2 Å². The zero-order chi connectivity index (χ0) is 63.5. The van der Waals surface area contributed by atoms with Crippen LogP contribution in [0, 0.1) is 35.5 Å². The summed E-state index contributed by atoms with van der Waals surface area (Å²) in [7, 11) is 9.78. The van der Waals surface area contributed by atoms with Gasteiger partial charge in [0.15, 0.2) is 0 Å². The molecule has 0 spiro atoms. The average molecular weight is 1160 g/mol. The van der Waals surface area contributed by atoms with Gasteiger partial charge in [0.25, 0.3) is 0 Å². The zero-order valence-corrected chi connectivity index (χ0v) is 53.6. The maximum Gasteiger partial charge on any atom is 0.246 e. The van der Waals surface area contributed by atoms with Crippen LogP contribution in [0.3, 0.4) is 0 Å². The van der Waals surface area contributed by atoms with Crippen LogP contribution in [0.25, 0.3) is 0 Å². The molecule has 0 aromatic heterocycles. The predicted octanol–water partition coefficient (Wildman–Crippen LogP) is 2.24. The second-order valence-corrected chi connectivity index (χ2v) is 24.7. The number of carbonyl (C=O) groups is 11. The summed E-state index contributed by atoms with van der Waals surface area (Å²) >= 11 is 0. The lowest BCUT2D eigenvalue weighted by atomic mass is 9.92. The highest BCUT2D eigenvalue weighted by atomic mass is 16.3. The summed E-state index contributed by atoms with van der Waals surface area (Å²) in [6.45, 7) is 25.2. The van der Waals surface area contributed by atoms with Crippen molar-refractivity contribution in [3.63, 3.8) is 0 Å². The van der Waals surface area contributed by atoms with Crippen LogP contribution >= 0.6 is 0 Å². The number of rotatable bonds is 14.